The zero-order valence-electron chi connectivity index (χ0n) is 11.3. The largest absolute Gasteiger partial charge is 0.374 e. The van der Waals surface area contributed by atoms with Gasteiger partial charge in [0.15, 0.2) is 0 Å². The molecule has 2 saturated carbocycles. The number of ether oxygens (including phenoxy) is 1. The average Bonchev–Trinajstić information content (AvgIpc) is 2.56. The van der Waals surface area contributed by atoms with Gasteiger partial charge in [-0.1, -0.05) is 39.0 Å². The van der Waals surface area contributed by atoms with E-state index in [4.69, 9.17) is 4.74 Å². The Hall–Kier alpha value is -0.370. The maximum Gasteiger partial charge on any atom is 0.144 e. The lowest BCUT2D eigenvalue weighted by Crippen LogP contribution is -2.55. The summed E-state index contributed by atoms with van der Waals surface area (Å²) in [6.45, 7) is 4.34. The third-order valence-electron chi connectivity index (χ3n) is 4.63. The molecule has 2 aliphatic carbocycles. The van der Waals surface area contributed by atoms with Gasteiger partial charge in [-0.3, -0.25) is 4.79 Å². The maximum atomic E-state index is 12.0. The van der Waals surface area contributed by atoms with Crippen LogP contribution >= 0.6 is 0 Å². The van der Waals surface area contributed by atoms with Gasteiger partial charge in [-0.25, -0.2) is 0 Å². The van der Waals surface area contributed by atoms with Crippen LogP contribution in [0.4, 0.5) is 0 Å². The zero-order valence-corrected chi connectivity index (χ0v) is 11.3. The first kappa shape index (κ1) is 13.1. The van der Waals surface area contributed by atoms with Crippen molar-refractivity contribution in [1.29, 1.82) is 0 Å². The summed E-state index contributed by atoms with van der Waals surface area (Å²) in [6, 6.07) is 0. The van der Waals surface area contributed by atoms with Crippen molar-refractivity contribution in [3.05, 3.63) is 0 Å². The Bertz CT molecular complexity index is 264. The van der Waals surface area contributed by atoms with Crippen LogP contribution in [0.3, 0.4) is 0 Å². The zero-order chi connectivity index (χ0) is 12.3. The van der Waals surface area contributed by atoms with Gasteiger partial charge in [0.1, 0.15) is 5.78 Å². The highest BCUT2D eigenvalue weighted by Crippen LogP contribution is 2.50. The normalized spacial score (nSPS) is 29.8. The Morgan fingerprint density at radius 3 is 2.47 bits per heavy atom. The molecule has 0 amide bonds. The van der Waals surface area contributed by atoms with E-state index in [9.17, 15) is 4.79 Å². The first-order valence-electron chi connectivity index (χ1n) is 7.38. The van der Waals surface area contributed by atoms with Gasteiger partial charge in [-0.15, -0.1) is 0 Å². The van der Waals surface area contributed by atoms with Gasteiger partial charge in [-0.2, -0.15) is 0 Å². The molecule has 17 heavy (non-hydrogen) atoms. The molecule has 0 N–H and O–H groups in total. The molecule has 2 atom stereocenters. The lowest BCUT2D eigenvalue weighted by molar-refractivity contribution is -0.173. The minimum Gasteiger partial charge on any atom is -0.374 e. The van der Waals surface area contributed by atoms with Gasteiger partial charge < -0.3 is 4.74 Å². The number of carbonyl (C=O) groups is 1. The number of hydrogen-bond acceptors (Lipinski definition) is 2. The molecule has 1 spiro atoms. The Morgan fingerprint density at radius 2 is 1.94 bits per heavy atom. The summed E-state index contributed by atoms with van der Waals surface area (Å²) in [4.78, 5) is 12.0. The van der Waals surface area contributed by atoms with E-state index in [-0.39, 0.29) is 11.5 Å². The molecule has 2 rings (SSSR count). The van der Waals surface area contributed by atoms with Crippen molar-refractivity contribution in [1.82, 2.24) is 0 Å². The van der Waals surface area contributed by atoms with E-state index in [1.54, 1.807) is 0 Å². The Morgan fingerprint density at radius 1 is 1.29 bits per heavy atom. The van der Waals surface area contributed by atoms with Crippen molar-refractivity contribution < 1.29 is 9.53 Å². The third-order valence-corrected chi connectivity index (χ3v) is 4.63. The average molecular weight is 238 g/mol. The first-order valence-corrected chi connectivity index (χ1v) is 7.38. The van der Waals surface area contributed by atoms with E-state index in [1.807, 2.05) is 0 Å². The number of ketones is 1. The first-order chi connectivity index (χ1) is 8.19. The molecule has 0 radical (unpaired) electrons. The van der Waals surface area contributed by atoms with E-state index in [1.165, 1.54) is 25.7 Å². The van der Waals surface area contributed by atoms with Gasteiger partial charge in [0.25, 0.3) is 0 Å². The predicted octanol–water partition coefficient (Wildman–Crippen LogP) is 3.87. The van der Waals surface area contributed by atoms with E-state index in [2.05, 4.69) is 13.8 Å². The standard InChI is InChI=1S/C15H26O2/c1-3-8-12(2)17-14-11-13(16)15(14)9-6-4-5-7-10-15/h12,14H,3-11H2,1-2H3. The molecule has 2 unspecified atom stereocenters. The van der Waals surface area contributed by atoms with Crippen LogP contribution in [0, 0.1) is 5.41 Å². The quantitative estimate of drug-likeness (QED) is 0.743. The highest BCUT2D eigenvalue weighted by atomic mass is 16.5. The molecule has 0 saturated heterocycles. The second-order valence-electron chi connectivity index (χ2n) is 5.92. The Labute approximate surface area is 105 Å². The molecule has 98 valence electrons. The molecule has 2 nitrogen and oxygen atoms in total. The van der Waals surface area contributed by atoms with Crippen molar-refractivity contribution in [2.24, 2.45) is 5.41 Å². The fourth-order valence-corrected chi connectivity index (χ4v) is 3.51. The van der Waals surface area contributed by atoms with Crippen LogP contribution in [0.5, 0.6) is 0 Å². The smallest absolute Gasteiger partial charge is 0.144 e. The second-order valence-corrected chi connectivity index (χ2v) is 5.92. The fraction of sp³-hybridized carbons (Fsp3) is 0.933. The number of carbonyl (C=O) groups excluding carboxylic acids is 1. The molecule has 0 bridgehead atoms. The molecule has 0 aromatic heterocycles. The number of hydrogen-bond donors (Lipinski definition) is 0. The van der Waals surface area contributed by atoms with Gasteiger partial charge in [-0.05, 0) is 26.2 Å². The van der Waals surface area contributed by atoms with Crippen molar-refractivity contribution in [3.8, 4) is 0 Å². The van der Waals surface area contributed by atoms with E-state index in [0.717, 1.165) is 25.7 Å². The number of rotatable bonds is 4. The Kier molecular flexibility index (Phi) is 4.24. The molecule has 2 fully saturated rings. The minimum atomic E-state index is -0.0709. The van der Waals surface area contributed by atoms with Gasteiger partial charge in [0.2, 0.25) is 0 Å². The Balaban J connectivity index is 1.96. The molecule has 0 heterocycles. The van der Waals surface area contributed by atoms with Crippen LogP contribution < -0.4 is 0 Å². The topological polar surface area (TPSA) is 26.3 Å². The summed E-state index contributed by atoms with van der Waals surface area (Å²) in [7, 11) is 0. The van der Waals surface area contributed by atoms with E-state index >= 15 is 0 Å². The molecular weight excluding hydrogens is 212 g/mol. The monoisotopic (exact) mass is 238 g/mol. The molecule has 0 aromatic rings. The van der Waals surface area contributed by atoms with Crippen molar-refractivity contribution in [2.45, 2.75) is 83.8 Å². The van der Waals surface area contributed by atoms with Gasteiger partial charge in [0, 0.05) is 6.42 Å². The maximum absolute atomic E-state index is 12.0. The fourth-order valence-electron chi connectivity index (χ4n) is 3.51. The molecule has 2 heteroatoms. The summed E-state index contributed by atoms with van der Waals surface area (Å²) in [5.74, 6) is 0.480. The lowest BCUT2D eigenvalue weighted by Gasteiger charge is -2.48. The molecular formula is C15H26O2. The minimum absolute atomic E-state index is 0.0709. The summed E-state index contributed by atoms with van der Waals surface area (Å²) >= 11 is 0. The van der Waals surface area contributed by atoms with Crippen molar-refractivity contribution in [3.63, 3.8) is 0 Å². The van der Waals surface area contributed by atoms with Crippen LogP contribution in [-0.4, -0.2) is 18.0 Å². The van der Waals surface area contributed by atoms with E-state index < -0.39 is 0 Å². The molecule has 0 aromatic carbocycles. The van der Waals surface area contributed by atoms with Crippen molar-refractivity contribution >= 4 is 5.78 Å². The van der Waals surface area contributed by atoms with E-state index in [0.29, 0.717) is 18.3 Å². The van der Waals surface area contributed by atoms with Crippen LogP contribution in [0.1, 0.15) is 71.6 Å². The highest BCUT2D eigenvalue weighted by Gasteiger charge is 2.55. The van der Waals surface area contributed by atoms with Crippen LogP contribution in [0.15, 0.2) is 0 Å². The highest BCUT2D eigenvalue weighted by molar-refractivity contribution is 5.92. The molecule has 2 aliphatic rings. The lowest BCUT2D eigenvalue weighted by atomic mass is 9.60. The SMILES string of the molecule is CCCC(C)OC1CC(=O)C12CCCCCC2. The van der Waals surface area contributed by atoms with Crippen molar-refractivity contribution in [2.75, 3.05) is 0 Å². The molecule has 0 aliphatic heterocycles. The summed E-state index contributed by atoms with van der Waals surface area (Å²) in [5, 5.41) is 0. The summed E-state index contributed by atoms with van der Waals surface area (Å²) in [6.07, 6.45) is 10.7. The van der Waals surface area contributed by atoms with Gasteiger partial charge >= 0.3 is 0 Å². The van der Waals surface area contributed by atoms with Crippen LogP contribution in [0.2, 0.25) is 0 Å². The summed E-state index contributed by atoms with van der Waals surface area (Å²) < 4.78 is 6.13. The second kappa shape index (κ2) is 5.51. The third kappa shape index (κ3) is 2.57. The van der Waals surface area contributed by atoms with Crippen LogP contribution in [0.25, 0.3) is 0 Å². The number of Topliss-reactive ketones (excluding diaryl/α,β-unsaturated/α-hetero) is 1. The van der Waals surface area contributed by atoms with Gasteiger partial charge in [0.05, 0.1) is 17.6 Å². The summed E-state index contributed by atoms with van der Waals surface area (Å²) in [5.41, 5.74) is -0.0709. The predicted molar refractivity (Wildman–Crippen MR) is 69.0 cm³/mol. The van der Waals surface area contributed by atoms with Crippen LogP contribution in [-0.2, 0) is 9.53 Å².